The van der Waals surface area contributed by atoms with Gasteiger partial charge >= 0.3 is 12.0 Å². The van der Waals surface area contributed by atoms with E-state index in [4.69, 9.17) is 9.63 Å². The van der Waals surface area contributed by atoms with Gasteiger partial charge in [-0.25, -0.2) is 4.79 Å². The molecular formula is C12H20N4O4. The maximum Gasteiger partial charge on any atom is 0.315 e. The maximum atomic E-state index is 11.7. The van der Waals surface area contributed by atoms with Gasteiger partial charge in [0.15, 0.2) is 5.82 Å². The summed E-state index contributed by atoms with van der Waals surface area (Å²) in [6.07, 6.45) is 0.352. The second kappa shape index (κ2) is 7.46. The minimum Gasteiger partial charge on any atom is -0.481 e. The molecule has 0 aromatic carbocycles. The van der Waals surface area contributed by atoms with Gasteiger partial charge in [-0.1, -0.05) is 19.0 Å². The van der Waals surface area contributed by atoms with Crippen LogP contribution in [0.3, 0.4) is 0 Å². The largest absolute Gasteiger partial charge is 0.481 e. The van der Waals surface area contributed by atoms with Crippen LogP contribution < -0.4 is 10.6 Å². The number of carboxylic acids is 1. The molecule has 0 aliphatic heterocycles. The van der Waals surface area contributed by atoms with Crippen molar-refractivity contribution in [2.45, 2.75) is 39.7 Å². The van der Waals surface area contributed by atoms with Gasteiger partial charge in [0.05, 0.1) is 6.42 Å². The standard InChI is InChI=1S/C12H20N4O4/c1-7(2)9(6-11(17)18)15-12(19)13-5-4-10-14-8(3)20-16-10/h7,9H,4-6H2,1-3H3,(H,17,18)(H2,13,15,19). The average molecular weight is 284 g/mol. The van der Waals surface area contributed by atoms with Crippen LogP contribution in [0.4, 0.5) is 4.79 Å². The Morgan fingerprint density at radius 2 is 2.10 bits per heavy atom. The fourth-order valence-corrected chi connectivity index (χ4v) is 1.59. The fraction of sp³-hybridized carbons (Fsp3) is 0.667. The summed E-state index contributed by atoms with van der Waals surface area (Å²) in [7, 11) is 0. The zero-order valence-corrected chi connectivity index (χ0v) is 11.8. The van der Waals surface area contributed by atoms with Crippen molar-refractivity contribution < 1.29 is 19.2 Å². The first kappa shape index (κ1) is 15.9. The van der Waals surface area contributed by atoms with Gasteiger partial charge in [0.25, 0.3) is 0 Å². The summed E-state index contributed by atoms with van der Waals surface area (Å²) in [5.41, 5.74) is 0. The van der Waals surface area contributed by atoms with Crippen LogP contribution in [0.5, 0.6) is 0 Å². The highest BCUT2D eigenvalue weighted by molar-refractivity contribution is 5.75. The molecule has 0 saturated heterocycles. The van der Waals surface area contributed by atoms with Crippen molar-refractivity contribution in [2.75, 3.05) is 6.54 Å². The molecule has 0 saturated carbocycles. The SMILES string of the molecule is Cc1nc(CCNC(=O)NC(CC(=O)O)C(C)C)no1. The summed E-state index contributed by atoms with van der Waals surface area (Å²) in [5.74, 6) is 0.0995. The number of carboxylic acid groups (broad SMARTS) is 1. The van der Waals surface area contributed by atoms with Gasteiger partial charge in [0, 0.05) is 25.9 Å². The third-order valence-electron chi connectivity index (χ3n) is 2.72. The predicted octanol–water partition coefficient (Wildman–Crippen LogP) is 0.719. The van der Waals surface area contributed by atoms with Crippen molar-refractivity contribution in [1.82, 2.24) is 20.8 Å². The first-order chi connectivity index (χ1) is 9.38. The van der Waals surface area contributed by atoms with E-state index in [1.807, 2.05) is 13.8 Å². The molecule has 20 heavy (non-hydrogen) atoms. The van der Waals surface area contributed by atoms with Gasteiger partial charge in [0.2, 0.25) is 5.89 Å². The Labute approximate surface area is 116 Å². The van der Waals surface area contributed by atoms with Crippen LogP contribution in [-0.2, 0) is 11.2 Å². The molecule has 1 aromatic rings. The van der Waals surface area contributed by atoms with E-state index in [0.29, 0.717) is 24.7 Å². The molecule has 0 aliphatic rings. The number of aromatic nitrogens is 2. The highest BCUT2D eigenvalue weighted by Gasteiger charge is 2.19. The van der Waals surface area contributed by atoms with E-state index >= 15 is 0 Å². The number of rotatable bonds is 7. The Morgan fingerprint density at radius 1 is 1.40 bits per heavy atom. The monoisotopic (exact) mass is 284 g/mol. The fourth-order valence-electron chi connectivity index (χ4n) is 1.59. The summed E-state index contributed by atoms with van der Waals surface area (Å²) < 4.78 is 4.81. The number of nitrogens with zero attached hydrogens (tertiary/aromatic N) is 2. The molecule has 3 N–H and O–H groups in total. The quantitative estimate of drug-likeness (QED) is 0.679. The van der Waals surface area contributed by atoms with Crippen LogP contribution in [0.1, 0.15) is 32.0 Å². The van der Waals surface area contributed by atoms with E-state index in [9.17, 15) is 9.59 Å². The number of aliphatic carboxylic acids is 1. The highest BCUT2D eigenvalue weighted by Crippen LogP contribution is 2.05. The van der Waals surface area contributed by atoms with Crippen molar-refractivity contribution in [3.63, 3.8) is 0 Å². The number of carbonyl (C=O) groups is 2. The lowest BCUT2D eigenvalue weighted by Gasteiger charge is -2.20. The number of carbonyl (C=O) groups excluding carboxylic acids is 1. The molecule has 0 fully saturated rings. The number of hydrogen-bond donors (Lipinski definition) is 3. The molecular weight excluding hydrogens is 264 g/mol. The Kier molecular flexibility index (Phi) is 5.95. The van der Waals surface area contributed by atoms with E-state index < -0.39 is 18.0 Å². The van der Waals surface area contributed by atoms with Gasteiger partial charge in [-0.2, -0.15) is 4.98 Å². The molecule has 8 nitrogen and oxygen atoms in total. The van der Waals surface area contributed by atoms with Crippen LogP contribution in [0, 0.1) is 12.8 Å². The van der Waals surface area contributed by atoms with E-state index in [1.54, 1.807) is 6.92 Å². The van der Waals surface area contributed by atoms with Crippen molar-refractivity contribution in [3.05, 3.63) is 11.7 Å². The maximum absolute atomic E-state index is 11.7. The normalized spacial score (nSPS) is 12.2. The molecule has 1 atom stereocenters. The molecule has 1 aromatic heterocycles. The van der Waals surface area contributed by atoms with Crippen molar-refractivity contribution in [1.29, 1.82) is 0 Å². The predicted molar refractivity (Wildman–Crippen MR) is 70.2 cm³/mol. The smallest absolute Gasteiger partial charge is 0.315 e. The van der Waals surface area contributed by atoms with Crippen LogP contribution in [0.15, 0.2) is 4.52 Å². The Bertz CT molecular complexity index is 458. The number of urea groups is 1. The third kappa shape index (κ3) is 5.68. The van der Waals surface area contributed by atoms with Crippen LogP contribution in [-0.4, -0.2) is 39.8 Å². The molecule has 8 heteroatoms. The molecule has 112 valence electrons. The third-order valence-corrected chi connectivity index (χ3v) is 2.72. The van der Waals surface area contributed by atoms with Crippen molar-refractivity contribution in [2.24, 2.45) is 5.92 Å². The number of hydrogen-bond acceptors (Lipinski definition) is 5. The van der Waals surface area contributed by atoms with E-state index in [-0.39, 0.29) is 12.3 Å². The Morgan fingerprint density at radius 3 is 2.60 bits per heavy atom. The minimum atomic E-state index is -0.939. The second-order valence-corrected chi connectivity index (χ2v) is 4.83. The molecule has 0 radical (unpaired) electrons. The van der Waals surface area contributed by atoms with Gasteiger partial charge < -0.3 is 20.3 Å². The Hall–Kier alpha value is -2.12. The number of nitrogens with one attached hydrogen (secondary N) is 2. The summed E-state index contributed by atoms with van der Waals surface area (Å²) in [6.45, 7) is 5.75. The van der Waals surface area contributed by atoms with Gasteiger partial charge in [-0.3, -0.25) is 4.79 Å². The first-order valence-corrected chi connectivity index (χ1v) is 6.43. The molecule has 1 heterocycles. The van der Waals surface area contributed by atoms with E-state index in [2.05, 4.69) is 20.8 Å². The van der Waals surface area contributed by atoms with Gasteiger partial charge in [-0.05, 0) is 5.92 Å². The number of amides is 2. The van der Waals surface area contributed by atoms with Crippen molar-refractivity contribution in [3.8, 4) is 0 Å². The molecule has 0 bridgehead atoms. The zero-order chi connectivity index (χ0) is 15.1. The zero-order valence-electron chi connectivity index (χ0n) is 11.8. The topological polar surface area (TPSA) is 117 Å². The minimum absolute atomic E-state index is 0.0386. The van der Waals surface area contributed by atoms with Crippen LogP contribution in [0.25, 0.3) is 0 Å². The molecule has 0 spiro atoms. The summed E-state index contributed by atoms with van der Waals surface area (Å²) in [6, 6.07) is -0.801. The molecule has 1 rings (SSSR count). The second-order valence-electron chi connectivity index (χ2n) is 4.83. The Balaban J connectivity index is 2.32. The average Bonchev–Trinajstić information content (AvgIpc) is 2.73. The highest BCUT2D eigenvalue weighted by atomic mass is 16.5. The van der Waals surface area contributed by atoms with E-state index in [0.717, 1.165) is 0 Å². The molecule has 2 amide bonds. The van der Waals surface area contributed by atoms with Crippen molar-refractivity contribution >= 4 is 12.0 Å². The lowest BCUT2D eigenvalue weighted by atomic mass is 10.0. The number of aryl methyl sites for hydroxylation is 1. The molecule has 0 aliphatic carbocycles. The van der Waals surface area contributed by atoms with Crippen LogP contribution >= 0.6 is 0 Å². The first-order valence-electron chi connectivity index (χ1n) is 6.43. The summed E-state index contributed by atoms with van der Waals surface area (Å²) in [4.78, 5) is 26.4. The molecule has 1 unspecified atom stereocenters. The van der Waals surface area contributed by atoms with E-state index in [1.165, 1.54) is 0 Å². The van der Waals surface area contributed by atoms with Crippen LogP contribution in [0.2, 0.25) is 0 Å². The lowest BCUT2D eigenvalue weighted by Crippen LogP contribution is -2.45. The lowest BCUT2D eigenvalue weighted by molar-refractivity contribution is -0.137. The van der Waals surface area contributed by atoms with Gasteiger partial charge in [0.1, 0.15) is 0 Å². The summed E-state index contributed by atoms with van der Waals surface area (Å²) in [5, 5.41) is 17.8. The summed E-state index contributed by atoms with van der Waals surface area (Å²) >= 11 is 0. The van der Waals surface area contributed by atoms with Gasteiger partial charge in [-0.15, -0.1) is 0 Å².